The SMILES string of the molecule is N.Nc1c(Cl)nc(C(=O)O)c(Cl)c1Cl. The van der Waals surface area contributed by atoms with E-state index in [9.17, 15) is 4.79 Å². The fraction of sp³-hybridized carbons (Fsp3) is 0. The molecule has 8 heteroatoms. The molecule has 0 radical (unpaired) electrons. The average Bonchev–Trinajstić information content (AvgIpc) is 2.07. The van der Waals surface area contributed by atoms with E-state index < -0.39 is 11.7 Å². The summed E-state index contributed by atoms with van der Waals surface area (Å²) in [5, 5.41) is 8.12. The van der Waals surface area contributed by atoms with Crippen LogP contribution in [0.25, 0.3) is 0 Å². The summed E-state index contributed by atoms with van der Waals surface area (Å²) < 4.78 is 0. The van der Waals surface area contributed by atoms with Crippen molar-refractivity contribution in [1.29, 1.82) is 0 Å². The van der Waals surface area contributed by atoms with Gasteiger partial charge in [-0.1, -0.05) is 34.8 Å². The third kappa shape index (κ3) is 2.19. The Kier molecular flexibility index (Phi) is 4.41. The number of anilines is 1. The summed E-state index contributed by atoms with van der Waals surface area (Å²) in [4.78, 5) is 14.0. The number of aromatic carboxylic acids is 1. The van der Waals surface area contributed by atoms with E-state index in [0.717, 1.165) is 0 Å². The highest BCUT2D eigenvalue weighted by molar-refractivity contribution is 6.46. The van der Waals surface area contributed by atoms with Crippen LogP contribution in [0.4, 0.5) is 5.69 Å². The number of carboxylic acid groups (broad SMARTS) is 1. The minimum absolute atomic E-state index is 0. The molecule has 0 spiro atoms. The van der Waals surface area contributed by atoms with Crippen LogP contribution in [0.1, 0.15) is 10.5 Å². The first-order chi connectivity index (χ1) is 5.95. The molecule has 1 rings (SSSR count). The van der Waals surface area contributed by atoms with E-state index in [0.29, 0.717) is 0 Å². The van der Waals surface area contributed by atoms with Gasteiger partial charge in [0.25, 0.3) is 0 Å². The highest BCUT2D eigenvalue weighted by Gasteiger charge is 2.18. The molecule has 0 saturated heterocycles. The first-order valence-electron chi connectivity index (χ1n) is 2.98. The van der Waals surface area contributed by atoms with Gasteiger partial charge < -0.3 is 17.0 Å². The number of hydrogen-bond donors (Lipinski definition) is 3. The molecule has 14 heavy (non-hydrogen) atoms. The molecule has 0 bridgehead atoms. The van der Waals surface area contributed by atoms with E-state index >= 15 is 0 Å². The first kappa shape index (κ1) is 13.2. The number of carboxylic acids is 1. The van der Waals surface area contributed by atoms with Gasteiger partial charge in [0.05, 0.1) is 15.7 Å². The number of pyridine rings is 1. The molecule has 0 saturated carbocycles. The second-order valence-electron chi connectivity index (χ2n) is 2.10. The molecule has 1 aromatic rings. The topological polar surface area (TPSA) is 111 Å². The van der Waals surface area contributed by atoms with Crippen LogP contribution in [0.5, 0.6) is 0 Å². The number of nitrogens with zero attached hydrogens (tertiary/aromatic N) is 1. The van der Waals surface area contributed by atoms with Crippen LogP contribution < -0.4 is 11.9 Å². The third-order valence-electron chi connectivity index (χ3n) is 1.27. The fourth-order valence-corrected chi connectivity index (χ4v) is 1.29. The van der Waals surface area contributed by atoms with Gasteiger partial charge in [0.2, 0.25) is 0 Å². The summed E-state index contributed by atoms with van der Waals surface area (Å²) in [6.07, 6.45) is 0. The van der Waals surface area contributed by atoms with Gasteiger partial charge in [0, 0.05) is 0 Å². The summed E-state index contributed by atoms with van der Waals surface area (Å²) in [5.41, 5.74) is 4.91. The van der Waals surface area contributed by atoms with Crippen molar-refractivity contribution in [1.82, 2.24) is 11.1 Å². The van der Waals surface area contributed by atoms with Crippen molar-refractivity contribution < 1.29 is 9.90 Å². The zero-order valence-corrected chi connectivity index (χ0v) is 8.99. The second kappa shape index (κ2) is 4.65. The van der Waals surface area contributed by atoms with Crippen LogP contribution in [0.3, 0.4) is 0 Å². The van der Waals surface area contributed by atoms with Crippen LogP contribution in [-0.2, 0) is 0 Å². The molecule has 5 nitrogen and oxygen atoms in total. The Morgan fingerprint density at radius 1 is 1.29 bits per heavy atom. The lowest BCUT2D eigenvalue weighted by Crippen LogP contribution is -2.04. The average molecular weight is 258 g/mol. The zero-order chi connectivity index (χ0) is 10.2. The predicted molar refractivity (Wildman–Crippen MR) is 55.7 cm³/mol. The van der Waals surface area contributed by atoms with Crippen molar-refractivity contribution in [3.8, 4) is 0 Å². The maximum atomic E-state index is 10.5. The number of hydrogen-bond acceptors (Lipinski definition) is 4. The molecular formula is C6H6Cl3N3O2. The van der Waals surface area contributed by atoms with Crippen molar-refractivity contribution in [3.63, 3.8) is 0 Å². The van der Waals surface area contributed by atoms with E-state index in [-0.39, 0.29) is 27.0 Å². The van der Waals surface area contributed by atoms with Crippen LogP contribution >= 0.6 is 34.8 Å². The zero-order valence-electron chi connectivity index (χ0n) is 6.72. The summed E-state index contributed by atoms with van der Waals surface area (Å²) in [6.45, 7) is 0. The molecular weight excluding hydrogens is 252 g/mol. The number of aromatic nitrogens is 1. The van der Waals surface area contributed by atoms with Gasteiger partial charge in [-0.3, -0.25) is 0 Å². The maximum absolute atomic E-state index is 10.5. The fourth-order valence-electron chi connectivity index (χ4n) is 0.662. The Balaban J connectivity index is 0.00000169. The standard InChI is InChI=1S/C6H3Cl3N2O2.H3N/c7-1-2(8)4(6(12)13)11-5(9)3(1)10;/h10H2,(H,12,13);1H3. The molecule has 0 aliphatic heterocycles. The minimum Gasteiger partial charge on any atom is -0.476 e. The Morgan fingerprint density at radius 2 is 1.79 bits per heavy atom. The predicted octanol–water partition coefficient (Wildman–Crippen LogP) is 2.48. The summed E-state index contributed by atoms with van der Waals surface area (Å²) >= 11 is 16.6. The molecule has 0 atom stereocenters. The highest BCUT2D eigenvalue weighted by atomic mass is 35.5. The third-order valence-corrected chi connectivity index (χ3v) is 2.42. The highest BCUT2D eigenvalue weighted by Crippen LogP contribution is 2.34. The number of nitrogen functional groups attached to an aromatic ring is 1. The van der Waals surface area contributed by atoms with Crippen LogP contribution in [0, 0.1) is 0 Å². The van der Waals surface area contributed by atoms with Crippen LogP contribution in [0.15, 0.2) is 0 Å². The van der Waals surface area contributed by atoms with E-state index in [1.807, 2.05) is 0 Å². The van der Waals surface area contributed by atoms with Gasteiger partial charge in [-0.05, 0) is 0 Å². The summed E-state index contributed by atoms with van der Waals surface area (Å²) in [6, 6.07) is 0. The van der Waals surface area contributed by atoms with Crippen molar-refractivity contribution >= 4 is 46.5 Å². The molecule has 0 aliphatic rings. The van der Waals surface area contributed by atoms with Crippen LogP contribution in [-0.4, -0.2) is 16.1 Å². The van der Waals surface area contributed by atoms with Gasteiger partial charge in [-0.15, -0.1) is 0 Å². The Bertz CT molecular complexity index is 383. The molecule has 0 aliphatic carbocycles. The van der Waals surface area contributed by atoms with Gasteiger partial charge in [-0.2, -0.15) is 0 Å². The maximum Gasteiger partial charge on any atom is 0.356 e. The first-order valence-corrected chi connectivity index (χ1v) is 4.11. The van der Waals surface area contributed by atoms with Gasteiger partial charge in [0.1, 0.15) is 0 Å². The summed E-state index contributed by atoms with van der Waals surface area (Å²) in [7, 11) is 0. The molecule has 0 aromatic carbocycles. The lowest BCUT2D eigenvalue weighted by molar-refractivity contribution is 0.0691. The van der Waals surface area contributed by atoms with Gasteiger partial charge in [0.15, 0.2) is 10.8 Å². The quantitative estimate of drug-likeness (QED) is 0.670. The van der Waals surface area contributed by atoms with Crippen molar-refractivity contribution in [2.45, 2.75) is 0 Å². The second-order valence-corrected chi connectivity index (χ2v) is 3.21. The van der Waals surface area contributed by atoms with Crippen molar-refractivity contribution in [3.05, 3.63) is 20.9 Å². The number of halogens is 3. The molecule has 0 fully saturated rings. The molecule has 6 N–H and O–H groups in total. The van der Waals surface area contributed by atoms with E-state index in [1.165, 1.54) is 0 Å². The Labute approximate surface area is 94.4 Å². The van der Waals surface area contributed by atoms with Crippen LogP contribution in [0.2, 0.25) is 15.2 Å². The molecule has 1 aromatic heterocycles. The van der Waals surface area contributed by atoms with Gasteiger partial charge >= 0.3 is 5.97 Å². The van der Waals surface area contributed by atoms with Crippen molar-refractivity contribution in [2.75, 3.05) is 5.73 Å². The Morgan fingerprint density at radius 3 is 2.21 bits per heavy atom. The molecule has 0 amide bonds. The monoisotopic (exact) mass is 257 g/mol. The lowest BCUT2D eigenvalue weighted by Gasteiger charge is -2.04. The lowest BCUT2D eigenvalue weighted by atomic mass is 10.3. The molecule has 78 valence electrons. The smallest absolute Gasteiger partial charge is 0.356 e. The van der Waals surface area contributed by atoms with Gasteiger partial charge in [-0.25, -0.2) is 9.78 Å². The molecule has 0 unspecified atom stereocenters. The van der Waals surface area contributed by atoms with E-state index in [1.54, 1.807) is 0 Å². The minimum atomic E-state index is -1.31. The van der Waals surface area contributed by atoms with E-state index in [2.05, 4.69) is 4.98 Å². The Hall–Kier alpha value is -0.750. The van der Waals surface area contributed by atoms with Crippen molar-refractivity contribution in [2.24, 2.45) is 0 Å². The summed E-state index contributed by atoms with van der Waals surface area (Å²) in [5.74, 6) is -1.31. The number of nitrogens with two attached hydrogens (primary N) is 1. The normalized spacial score (nSPS) is 9.36. The largest absolute Gasteiger partial charge is 0.476 e. The van der Waals surface area contributed by atoms with E-state index in [4.69, 9.17) is 45.6 Å². The molecule has 1 heterocycles. The number of rotatable bonds is 1. The number of carbonyl (C=O) groups is 1.